The summed E-state index contributed by atoms with van der Waals surface area (Å²) < 4.78 is 32.3. The number of esters is 1. The molecule has 2 atom stereocenters. The number of hydrogen-bond donors (Lipinski definition) is 3. The number of aliphatic hydroxyl groups excluding tert-OH is 1. The Kier molecular flexibility index (Phi) is 14.0. The van der Waals surface area contributed by atoms with Gasteiger partial charge >= 0.3 is 11.9 Å². The standard InChI is InChI=1S/C30H43NO7S/c1-3-4-5-6-7-8-9-12-23-17-19-24(20-18-23)30(27(32)15-11-16-28(33)34)39(36,37)26-14-10-13-25(21-26)31-22-29(35)38-2/h10,13-14,17-21,27,30-32H,3-9,11-12,15-16,22H2,1-2H3,(H,33,34). The van der Waals surface area contributed by atoms with E-state index in [1.807, 2.05) is 12.1 Å². The van der Waals surface area contributed by atoms with Crippen LogP contribution < -0.4 is 5.32 Å². The van der Waals surface area contributed by atoms with Gasteiger partial charge in [0.2, 0.25) is 0 Å². The lowest BCUT2D eigenvalue weighted by molar-refractivity contribution is -0.139. The molecular formula is C30H43NO7S. The number of ether oxygens (including phenoxy) is 1. The fourth-order valence-electron chi connectivity index (χ4n) is 4.56. The summed E-state index contributed by atoms with van der Waals surface area (Å²) >= 11 is 0. The van der Waals surface area contributed by atoms with Crippen molar-refractivity contribution in [3.05, 3.63) is 59.7 Å². The molecule has 9 heteroatoms. The second kappa shape index (κ2) is 16.9. The summed E-state index contributed by atoms with van der Waals surface area (Å²) in [7, 11) is -2.80. The minimum atomic E-state index is -4.07. The van der Waals surface area contributed by atoms with Crippen LogP contribution in [-0.2, 0) is 30.6 Å². The van der Waals surface area contributed by atoms with Crippen molar-refractivity contribution in [2.24, 2.45) is 0 Å². The van der Waals surface area contributed by atoms with E-state index in [2.05, 4.69) is 17.0 Å². The van der Waals surface area contributed by atoms with E-state index in [4.69, 9.17) is 5.11 Å². The van der Waals surface area contributed by atoms with Crippen molar-refractivity contribution in [2.45, 2.75) is 93.8 Å². The number of carbonyl (C=O) groups is 2. The number of aliphatic hydroxyl groups is 1. The zero-order chi connectivity index (χ0) is 28.7. The predicted molar refractivity (Wildman–Crippen MR) is 153 cm³/mol. The van der Waals surface area contributed by atoms with Crippen LogP contribution in [-0.4, -0.2) is 50.3 Å². The Balaban J connectivity index is 2.21. The molecule has 0 saturated heterocycles. The highest BCUT2D eigenvalue weighted by atomic mass is 32.2. The first kappa shape index (κ1) is 32.3. The number of rotatable bonds is 19. The van der Waals surface area contributed by atoms with Crippen molar-refractivity contribution in [2.75, 3.05) is 19.0 Å². The fraction of sp³-hybridized carbons (Fsp3) is 0.533. The van der Waals surface area contributed by atoms with Crippen LogP contribution >= 0.6 is 0 Å². The number of unbranched alkanes of at least 4 members (excludes halogenated alkanes) is 6. The van der Waals surface area contributed by atoms with Gasteiger partial charge in [-0.1, -0.05) is 75.8 Å². The van der Waals surface area contributed by atoms with Crippen molar-refractivity contribution in [3.8, 4) is 0 Å². The second-order valence-electron chi connectivity index (χ2n) is 9.89. The Morgan fingerprint density at radius 1 is 0.949 bits per heavy atom. The number of carbonyl (C=O) groups excluding carboxylic acids is 1. The van der Waals surface area contributed by atoms with Crippen LogP contribution in [0.3, 0.4) is 0 Å². The molecule has 8 nitrogen and oxygen atoms in total. The lowest BCUT2D eigenvalue weighted by Gasteiger charge is -2.24. The van der Waals surface area contributed by atoms with Gasteiger partial charge in [0.15, 0.2) is 9.84 Å². The number of benzene rings is 2. The second-order valence-corrected chi connectivity index (χ2v) is 12.0. The maximum atomic E-state index is 13.8. The number of aliphatic carboxylic acids is 1. The minimum Gasteiger partial charge on any atom is -0.481 e. The van der Waals surface area contributed by atoms with Gasteiger partial charge in [-0.25, -0.2) is 8.42 Å². The first-order valence-corrected chi connectivity index (χ1v) is 15.4. The van der Waals surface area contributed by atoms with Crippen molar-refractivity contribution in [3.63, 3.8) is 0 Å². The Morgan fingerprint density at radius 3 is 2.26 bits per heavy atom. The largest absolute Gasteiger partial charge is 0.481 e. The Labute approximate surface area is 232 Å². The van der Waals surface area contributed by atoms with Crippen molar-refractivity contribution in [1.82, 2.24) is 0 Å². The lowest BCUT2D eigenvalue weighted by Crippen LogP contribution is -2.27. The number of carboxylic acid groups (broad SMARTS) is 1. The molecule has 0 aliphatic rings. The quantitative estimate of drug-likeness (QED) is 0.147. The molecule has 2 aromatic rings. The molecular weight excluding hydrogens is 518 g/mol. The molecule has 3 N–H and O–H groups in total. The summed E-state index contributed by atoms with van der Waals surface area (Å²) in [6.07, 6.45) is 8.11. The molecule has 39 heavy (non-hydrogen) atoms. The number of carboxylic acids is 1. The molecule has 0 aliphatic carbocycles. The predicted octanol–water partition coefficient (Wildman–Crippen LogP) is 5.70. The molecule has 0 spiro atoms. The van der Waals surface area contributed by atoms with Gasteiger partial charge in [-0.15, -0.1) is 0 Å². The van der Waals surface area contributed by atoms with Crippen molar-refractivity contribution < 1.29 is 33.0 Å². The average Bonchev–Trinajstić information content (AvgIpc) is 2.92. The van der Waals surface area contributed by atoms with E-state index < -0.39 is 33.1 Å². The van der Waals surface area contributed by atoms with E-state index in [9.17, 15) is 23.1 Å². The molecule has 2 unspecified atom stereocenters. The van der Waals surface area contributed by atoms with Gasteiger partial charge in [-0.05, 0) is 55.0 Å². The smallest absolute Gasteiger partial charge is 0.325 e. The minimum absolute atomic E-state index is 0.00759. The third-order valence-electron chi connectivity index (χ3n) is 6.78. The van der Waals surface area contributed by atoms with Crippen LogP contribution in [0.5, 0.6) is 0 Å². The SMILES string of the molecule is CCCCCCCCCc1ccc(C(C(O)CCCC(=O)O)S(=O)(=O)c2cccc(NCC(=O)OC)c2)cc1. The van der Waals surface area contributed by atoms with Crippen LogP contribution in [0, 0.1) is 0 Å². The molecule has 0 heterocycles. The molecule has 0 fully saturated rings. The Hall–Kier alpha value is -2.91. The molecule has 2 rings (SSSR count). The van der Waals surface area contributed by atoms with E-state index in [1.54, 1.807) is 24.3 Å². The van der Waals surface area contributed by atoms with Crippen LogP contribution in [0.4, 0.5) is 5.69 Å². The topological polar surface area (TPSA) is 130 Å². The van der Waals surface area contributed by atoms with Gasteiger partial charge in [-0.3, -0.25) is 9.59 Å². The highest BCUT2D eigenvalue weighted by molar-refractivity contribution is 7.91. The van der Waals surface area contributed by atoms with E-state index in [0.29, 0.717) is 11.3 Å². The van der Waals surface area contributed by atoms with Crippen molar-refractivity contribution >= 4 is 27.5 Å². The molecule has 2 aromatic carbocycles. The van der Waals surface area contributed by atoms with Crippen LogP contribution in [0.2, 0.25) is 0 Å². The van der Waals surface area contributed by atoms with E-state index in [0.717, 1.165) is 24.8 Å². The zero-order valence-electron chi connectivity index (χ0n) is 23.1. The number of sulfone groups is 1. The summed E-state index contributed by atoms with van der Waals surface area (Å²) in [5.74, 6) is -1.49. The van der Waals surface area contributed by atoms with Gasteiger partial charge in [0.25, 0.3) is 0 Å². The maximum absolute atomic E-state index is 13.8. The first-order valence-electron chi connectivity index (χ1n) is 13.8. The van der Waals surface area contributed by atoms with E-state index in [1.165, 1.54) is 51.3 Å². The van der Waals surface area contributed by atoms with E-state index >= 15 is 0 Å². The third-order valence-corrected chi connectivity index (χ3v) is 8.94. The summed E-state index contributed by atoms with van der Waals surface area (Å²) in [5.41, 5.74) is 1.98. The van der Waals surface area contributed by atoms with Gasteiger partial charge in [0.05, 0.1) is 18.1 Å². The Bertz CT molecular complexity index is 1130. The summed E-state index contributed by atoms with van der Waals surface area (Å²) in [6.45, 7) is 2.08. The number of hydrogen-bond acceptors (Lipinski definition) is 7. The number of anilines is 1. The molecule has 0 radical (unpaired) electrons. The van der Waals surface area contributed by atoms with Gasteiger partial charge in [0, 0.05) is 12.1 Å². The van der Waals surface area contributed by atoms with Crippen LogP contribution in [0.1, 0.15) is 87.5 Å². The Morgan fingerprint density at radius 2 is 1.62 bits per heavy atom. The number of methoxy groups -OCH3 is 1. The van der Waals surface area contributed by atoms with Crippen LogP contribution in [0.15, 0.2) is 53.4 Å². The molecule has 0 amide bonds. The molecule has 0 saturated carbocycles. The molecule has 0 aliphatic heterocycles. The molecule has 0 aromatic heterocycles. The lowest BCUT2D eigenvalue weighted by atomic mass is 9.99. The van der Waals surface area contributed by atoms with Gasteiger partial charge < -0.3 is 20.3 Å². The van der Waals surface area contributed by atoms with Gasteiger partial charge in [0.1, 0.15) is 11.8 Å². The third kappa shape index (κ3) is 11.0. The zero-order valence-corrected chi connectivity index (χ0v) is 23.9. The van der Waals surface area contributed by atoms with E-state index in [-0.39, 0.29) is 30.7 Å². The normalized spacial score (nSPS) is 13.0. The van der Waals surface area contributed by atoms with Crippen LogP contribution in [0.25, 0.3) is 0 Å². The summed E-state index contributed by atoms with van der Waals surface area (Å²) in [4.78, 5) is 22.5. The maximum Gasteiger partial charge on any atom is 0.325 e. The average molecular weight is 562 g/mol. The molecule has 216 valence electrons. The summed E-state index contributed by atoms with van der Waals surface area (Å²) in [6, 6.07) is 13.4. The fourth-order valence-corrected chi connectivity index (χ4v) is 6.48. The number of aryl methyl sites for hydroxylation is 1. The highest BCUT2D eigenvalue weighted by Crippen LogP contribution is 2.35. The summed E-state index contributed by atoms with van der Waals surface area (Å²) in [5, 5.41) is 21.6. The monoisotopic (exact) mass is 561 g/mol. The highest BCUT2D eigenvalue weighted by Gasteiger charge is 2.35. The van der Waals surface area contributed by atoms with Gasteiger partial charge in [-0.2, -0.15) is 0 Å². The molecule has 0 bridgehead atoms. The van der Waals surface area contributed by atoms with Crippen molar-refractivity contribution in [1.29, 1.82) is 0 Å². The number of nitrogens with one attached hydrogen (secondary N) is 1. The first-order chi connectivity index (χ1) is 18.7.